The zero-order valence-corrected chi connectivity index (χ0v) is 10.1. The minimum absolute atomic E-state index is 0.0956. The van der Waals surface area contributed by atoms with Crippen LogP contribution in [0.25, 0.3) is 0 Å². The summed E-state index contributed by atoms with van der Waals surface area (Å²) in [6.45, 7) is 4.75. The van der Waals surface area contributed by atoms with E-state index in [4.69, 9.17) is 0 Å². The first-order valence-corrected chi connectivity index (χ1v) is 5.67. The van der Waals surface area contributed by atoms with Gasteiger partial charge in [0.15, 0.2) is 0 Å². The molecule has 1 aromatic carbocycles. The van der Waals surface area contributed by atoms with Crippen molar-refractivity contribution < 1.29 is 5.11 Å². The van der Waals surface area contributed by atoms with Gasteiger partial charge in [-0.25, -0.2) is 4.98 Å². The van der Waals surface area contributed by atoms with Crippen LogP contribution in [0.4, 0.5) is 0 Å². The van der Waals surface area contributed by atoms with E-state index in [1.807, 2.05) is 26.0 Å². The number of rotatable bonds is 4. The molecular formula is C13H17N3O. The maximum Gasteiger partial charge on any atom is 0.120 e. The van der Waals surface area contributed by atoms with Crippen LogP contribution in [-0.2, 0) is 6.54 Å². The molecule has 0 fully saturated rings. The lowest BCUT2D eigenvalue weighted by Crippen LogP contribution is -2.18. The molecule has 1 atom stereocenters. The van der Waals surface area contributed by atoms with Crippen LogP contribution in [-0.4, -0.2) is 15.1 Å². The zero-order valence-electron chi connectivity index (χ0n) is 10.1. The highest BCUT2D eigenvalue weighted by Gasteiger charge is 2.10. The van der Waals surface area contributed by atoms with Crippen LogP contribution in [0.15, 0.2) is 30.7 Å². The van der Waals surface area contributed by atoms with Gasteiger partial charge in [-0.15, -0.1) is 0 Å². The normalized spacial score (nSPS) is 12.6. The average molecular weight is 231 g/mol. The van der Waals surface area contributed by atoms with Gasteiger partial charge in [-0.3, -0.25) is 0 Å². The topological polar surface area (TPSA) is 60.9 Å². The summed E-state index contributed by atoms with van der Waals surface area (Å²) in [7, 11) is 0. The van der Waals surface area contributed by atoms with E-state index in [1.54, 1.807) is 18.6 Å². The SMILES string of the molecule is Cc1ccc(O)c(C(C)NCc2cnc[nH]2)c1. The van der Waals surface area contributed by atoms with Gasteiger partial charge >= 0.3 is 0 Å². The Balaban J connectivity index is 2.04. The van der Waals surface area contributed by atoms with Crippen molar-refractivity contribution in [3.05, 3.63) is 47.5 Å². The molecule has 3 N–H and O–H groups in total. The van der Waals surface area contributed by atoms with Gasteiger partial charge in [0, 0.05) is 30.0 Å². The molecule has 2 rings (SSSR count). The first-order chi connectivity index (χ1) is 8.16. The smallest absolute Gasteiger partial charge is 0.120 e. The fourth-order valence-electron chi connectivity index (χ4n) is 1.78. The van der Waals surface area contributed by atoms with Crippen LogP contribution in [0.5, 0.6) is 5.75 Å². The summed E-state index contributed by atoms with van der Waals surface area (Å²) in [5.74, 6) is 0.334. The second-order valence-corrected chi connectivity index (χ2v) is 4.24. The Morgan fingerprint density at radius 2 is 2.29 bits per heavy atom. The zero-order chi connectivity index (χ0) is 12.3. The van der Waals surface area contributed by atoms with E-state index in [0.29, 0.717) is 12.3 Å². The number of phenols is 1. The highest BCUT2D eigenvalue weighted by atomic mass is 16.3. The number of aryl methyl sites for hydroxylation is 1. The lowest BCUT2D eigenvalue weighted by Gasteiger charge is -2.15. The number of aromatic hydroxyl groups is 1. The van der Waals surface area contributed by atoms with E-state index in [2.05, 4.69) is 15.3 Å². The third kappa shape index (κ3) is 2.85. The molecule has 4 heteroatoms. The summed E-state index contributed by atoms with van der Waals surface area (Å²) in [5.41, 5.74) is 3.10. The molecule has 1 heterocycles. The molecule has 0 aliphatic carbocycles. The molecule has 0 aliphatic rings. The fourth-order valence-corrected chi connectivity index (χ4v) is 1.78. The van der Waals surface area contributed by atoms with Crippen molar-refractivity contribution in [2.45, 2.75) is 26.4 Å². The number of benzene rings is 1. The summed E-state index contributed by atoms with van der Waals surface area (Å²) in [5, 5.41) is 13.1. The molecule has 0 saturated carbocycles. The Labute approximate surface area is 101 Å². The lowest BCUT2D eigenvalue weighted by molar-refractivity contribution is 0.451. The van der Waals surface area contributed by atoms with E-state index in [0.717, 1.165) is 16.8 Å². The molecule has 1 unspecified atom stereocenters. The number of imidazole rings is 1. The molecule has 4 nitrogen and oxygen atoms in total. The monoisotopic (exact) mass is 231 g/mol. The highest BCUT2D eigenvalue weighted by molar-refractivity contribution is 5.37. The van der Waals surface area contributed by atoms with Gasteiger partial charge in [-0.05, 0) is 19.9 Å². The van der Waals surface area contributed by atoms with Crippen molar-refractivity contribution >= 4 is 0 Å². The second-order valence-electron chi connectivity index (χ2n) is 4.24. The van der Waals surface area contributed by atoms with Gasteiger partial charge in [0.1, 0.15) is 5.75 Å². The van der Waals surface area contributed by atoms with Gasteiger partial charge in [-0.1, -0.05) is 17.7 Å². The Hall–Kier alpha value is -1.81. The Morgan fingerprint density at radius 3 is 3.00 bits per heavy atom. The van der Waals surface area contributed by atoms with Crippen molar-refractivity contribution in [2.75, 3.05) is 0 Å². The van der Waals surface area contributed by atoms with E-state index < -0.39 is 0 Å². The maximum absolute atomic E-state index is 9.80. The van der Waals surface area contributed by atoms with Crippen LogP contribution in [0.3, 0.4) is 0 Å². The van der Waals surface area contributed by atoms with Crippen LogP contribution in [0.2, 0.25) is 0 Å². The molecular weight excluding hydrogens is 214 g/mol. The highest BCUT2D eigenvalue weighted by Crippen LogP contribution is 2.24. The summed E-state index contributed by atoms with van der Waals surface area (Å²) < 4.78 is 0. The Kier molecular flexibility index (Phi) is 3.44. The summed E-state index contributed by atoms with van der Waals surface area (Å²) in [6, 6.07) is 5.73. The second kappa shape index (κ2) is 5.01. The summed E-state index contributed by atoms with van der Waals surface area (Å²) in [6.07, 6.45) is 3.45. The minimum Gasteiger partial charge on any atom is -0.508 e. The van der Waals surface area contributed by atoms with Gasteiger partial charge in [0.25, 0.3) is 0 Å². The van der Waals surface area contributed by atoms with Crippen LogP contribution in [0.1, 0.15) is 29.8 Å². The quantitative estimate of drug-likeness (QED) is 0.756. The molecule has 2 aromatic rings. The molecule has 0 amide bonds. The van der Waals surface area contributed by atoms with Crippen molar-refractivity contribution in [3.63, 3.8) is 0 Å². The number of nitrogens with one attached hydrogen (secondary N) is 2. The number of hydrogen-bond acceptors (Lipinski definition) is 3. The first kappa shape index (κ1) is 11.7. The maximum atomic E-state index is 9.80. The summed E-state index contributed by atoms with van der Waals surface area (Å²) in [4.78, 5) is 6.99. The Morgan fingerprint density at radius 1 is 1.47 bits per heavy atom. The number of phenolic OH excluding ortho intramolecular Hbond substituents is 1. The van der Waals surface area contributed by atoms with E-state index >= 15 is 0 Å². The average Bonchev–Trinajstić information content (AvgIpc) is 2.82. The minimum atomic E-state index is 0.0956. The molecule has 17 heavy (non-hydrogen) atoms. The third-order valence-corrected chi connectivity index (χ3v) is 2.80. The van der Waals surface area contributed by atoms with Crippen LogP contribution >= 0.6 is 0 Å². The van der Waals surface area contributed by atoms with Crippen molar-refractivity contribution in [1.29, 1.82) is 0 Å². The van der Waals surface area contributed by atoms with Crippen LogP contribution < -0.4 is 5.32 Å². The first-order valence-electron chi connectivity index (χ1n) is 5.67. The standard InChI is InChI=1S/C13H17N3O/c1-9-3-4-13(17)12(5-9)10(2)15-7-11-6-14-8-16-11/h3-6,8,10,15,17H,7H2,1-2H3,(H,14,16). The number of aromatic nitrogens is 2. The van der Waals surface area contributed by atoms with Gasteiger partial charge in [0.05, 0.1) is 6.33 Å². The number of aromatic amines is 1. The molecule has 0 bridgehead atoms. The van der Waals surface area contributed by atoms with Crippen molar-refractivity contribution in [2.24, 2.45) is 0 Å². The lowest BCUT2D eigenvalue weighted by atomic mass is 10.0. The van der Waals surface area contributed by atoms with E-state index in [-0.39, 0.29) is 6.04 Å². The van der Waals surface area contributed by atoms with E-state index in [9.17, 15) is 5.11 Å². The molecule has 0 spiro atoms. The molecule has 0 aliphatic heterocycles. The van der Waals surface area contributed by atoms with E-state index in [1.165, 1.54) is 0 Å². The fraction of sp³-hybridized carbons (Fsp3) is 0.308. The predicted octanol–water partition coefficient (Wildman–Crippen LogP) is 2.27. The van der Waals surface area contributed by atoms with Gasteiger partial charge < -0.3 is 15.4 Å². The van der Waals surface area contributed by atoms with Gasteiger partial charge in [-0.2, -0.15) is 0 Å². The number of nitrogens with zero attached hydrogens (tertiary/aromatic N) is 1. The summed E-state index contributed by atoms with van der Waals surface area (Å²) >= 11 is 0. The number of hydrogen-bond donors (Lipinski definition) is 3. The van der Waals surface area contributed by atoms with Gasteiger partial charge in [0.2, 0.25) is 0 Å². The predicted molar refractivity (Wildman–Crippen MR) is 66.7 cm³/mol. The number of H-pyrrole nitrogens is 1. The molecule has 0 saturated heterocycles. The molecule has 1 aromatic heterocycles. The molecule has 0 radical (unpaired) electrons. The third-order valence-electron chi connectivity index (χ3n) is 2.80. The van der Waals surface area contributed by atoms with Crippen molar-refractivity contribution in [3.8, 4) is 5.75 Å². The van der Waals surface area contributed by atoms with Crippen molar-refractivity contribution in [1.82, 2.24) is 15.3 Å². The Bertz CT molecular complexity index is 479. The largest absolute Gasteiger partial charge is 0.508 e. The van der Waals surface area contributed by atoms with Crippen LogP contribution in [0, 0.1) is 6.92 Å². The molecule has 90 valence electrons.